The molecule has 0 saturated heterocycles. The third kappa shape index (κ3) is 4.34. The molecular formula is C14H21Cl2N5O3. The minimum Gasteiger partial charge on any atom is -0.351 e. The van der Waals surface area contributed by atoms with E-state index in [9.17, 15) is 14.4 Å². The zero-order chi connectivity index (χ0) is 16.3. The van der Waals surface area contributed by atoms with E-state index in [-0.39, 0.29) is 41.8 Å². The molecule has 0 aliphatic heterocycles. The average molecular weight is 378 g/mol. The molecule has 24 heavy (non-hydrogen) atoms. The number of likely N-dealkylation sites (N-methyl/N-ethyl adjacent to an activating group) is 1. The van der Waals surface area contributed by atoms with Crippen molar-refractivity contribution in [3.63, 3.8) is 0 Å². The van der Waals surface area contributed by atoms with Crippen molar-refractivity contribution in [1.82, 2.24) is 24.8 Å². The number of nitrogens with one attached hydrogen (secondary N) is 2. The number of hydrogen-bond acceptors (Lipinski definition) is 5. The van der Waals surface area contributed by atoms with Crippen LogP contribution in [0.3, 0.4) is 0 Å². The van der Waals surface area contributed by atoms with Gasteiger partial charge in [-0.15, -0.1) is 24.8 Å². The van der Waals surface area contributed by atoms with Gasteiger partial charge in [-0.1, -0.05) is 6.92 Å². The van der Waals surface area contributed by atoms with Gasteiger partial charge in [0.1, 0.15) is 5.65 Å². The van der Waals surface area contributed by atoms with Crippen LogP contribution < -0.4 is 21.9 Å². The summed E-state index contributed by atoms with van der Waals surface area (Å²) in [7, 11) is 2.93. The van der Waals surface area contributed by atoms with E-state index in [1.807, 2.05) is 6.92 Å². The van der Waals surface area contributed by atoms with Crippen molar-refractivity contribution in [3.8, 4) is 0 Å². The Hall–Kier alpha value is -1.90. The molecule has 10 heteroatoms. The molecule has 134 valence electrons. The van der Waals surface area contributed by atoms with Crippen LogP contribution in [0.25, 0.3) is 11.0 Å². The first-order valence-electron chi connectivity index (χ1n) is 7.02. The Kier molecular flexibility index (Phi) is 8.66. The molecule has 0 aromatic carbocycles. The molecule has 0 bridgehead atoms. The topological polar surface area (TPSA) is 98.0 Å². The van der Waals surface area contributed by atoms with E-state index >= 15 is 0 Å². The van der Waals surface area contributed by atoms with Crippen LogP contribution in [0, 0.1) is 0 Å². The van der Waals surface area contributed by atoms with Gasteiger partial charge >= 0.3 is 5.69 Å². The zero-order valence-corrected chi connectivity index (χ0v) is 15.3. The third-order valence-corrected chi connectivity index (χ3v) is 3.39. The fraction of sp³-hybridized carbons (Fsp3) is 0.429. The fourth-order valence-electron chi connectivity index (χ4n) is 2.13. The summed E-state index contributed by atoms with van der Waals surface area (Å²) in [4.78, 5) is 40.1. The molecule has 0 unspecified atom stereocenters. The molecule has 0 aliphatic carbocycles. The highest BCUT2D eigenvalue weighted by Crippen LogP contribution is 2.07. The normalized spacial score (nSPS) is 9.96. The van der Waals surface area contributed by atoms with Crippen LogP contribution >= 0.6 is 24.8 Å². The van der Waals surface area contributed by atoms with E-state index in [4.69, 9.17) is 0 Å². The number of aromatic nitrogens is 3. The number of nitrogens with zero attached hydrogens (tertiary/aromatic N) is 3. The number of carbonyl (C=O) groups excluding carboxylic acids is 1. The molecule has 0 saturated carbocycles. The Labute approximate surface area is 151 Å². The Morgan fingerprint density at radius 2 is 1.83 bits per heavy atom. The first kappa shape index (κ1) is 22.1. The Bertz CT molecular complexity index is 831. The lowest BCUT2D eigenvalue weighted by Crippen LogP contribution is -2.37. The third-order valence-electron chi connectivity index (χ3n) is 3.39. The standard InChI is InChI=1S/C14H19N5O3.2ClH/c1-4-15-5-6-16-12(20)9-7-10-11(17-8-9)18(2)14(22)19(3)13(10)21;;/h7-8,15H,4-6H2,1-3H3,(H,16,20);2*1H. The number of aryl methyl sites for hydroxylation is 1. The first-order chi connectivity index (χ1) is 10.5. The maximum Gasteiger partial charge on any atom is 0.332 e. The Balaban J connectivity index is 0.00000264. The van der Waals surface area contributed by atoms with Crippen molar-refractivity contribution < 1.29 is 4.79 Å². The number of fused-ring (bicyclic) bond motifs is 1. The summed E-state index contributed by atoms with van der Waals surface area (Å²) in [6.45, 7) is 3.96. The van der Waals surface area contributed by atoms with Crippen molar-refractivity contribution in [2.45, 2.75) is 6.92 Å². The molecule has 2 aromatic rings. The lowest BCUT2D eigenvalue weighted by Gasteiger charge is -2.08. The second kappa shape index (κ2) is 9.41. The van der Waals surface area contributed by atoms with Gasteiger partial charge in [-0.3, -0.25) is 18.7 Å². The van der Waals surface area contributed by atoms with Gasteiger partial charge in [0, 0.05) is 33.4 Å². The van der Waals surface area contributed by atoms with Gasteiger partial charge in [0.25, 0.3) is 11.5 Å². The van der Waals surface area contributed by atoms with Crippen LogP contribution in [-0.4, -0.2) is 39.7 Å². The summed E-state index contributed by atoms with van der Waals surface area (Å²) >= 11 is 0. The van der Waals surface area contributed by atoms with Gasteiger partial charge in [-0.05, 0) is 12.6 Å². The molecule has 2 N–H and O–H groups in total. The molecule has 8 nitrogen and oxygen atoms in total. The van der Waals surface area contributed by atoms with Gasteiger partial charge in [0.2, 0.25) is 0 Å². The maximum absolute atomic E-state index is 12.1. The summed E-state index contributed by atoms with van der Waals surface area (Å²) in [5.74, 6) is -0.303. The molecule has 0 radical (unpaired) electrons. The molecule has 0 spiro atoms. The van der Waals surface area contributed by atoms with Gasteiger partial charge < -0.3 is 10.6 Å². The molecule has 1 amide bonds. The Morgan fingerprint density at radius 3 is 2.46 bits per heavy atom. The molecule has 0 fully saturated rings. The van der Waals surface area contributed by atoms with Gasteiger partial charge in [0.05, 0.1) is 10.9 Å². The molecule has 0 atom stereocenters. The van der Waals surface area contributed by atoms with Crippen molar-refractivity contribution >= 4 is 41.8 Å². The van der Waals surface area contributed by atoms with E-state index in [0.717, 1.165) is 11.1 Å². The monoisotopic (exact) mass is 377 g/mol. The minimum absolute atomic E-state index is 0. The second-order valence-corrected chi connectivity index (χ2v) is 4.91. The highest BCUT2D eigenvalue weighted by Gasteiger charge is 2.13. The molecule has 2 heterocycles. The lowest BCUT2D eigenvalue weighted by molar-refractivity contribution is 0.0954. The quantitative estimate of drug-likeness (QED) is 0.704. The van der Waals surface area contributed by atoms with Crippen LogP contribution in [0.5, 0.6) is 0 Å². The van der Waals surface area contributed by atoms with Crippen LogP contribution in [0.4, 0.5) is 0 Å². The first-order valence-corrected chi connectivity index (χ1v) is 7.02. The zero-order valence-electron chi connectivity index (χ0n) is 13.7. The minimum atomic E-state index is -0.465. The smallest absolute Gasteiger partial charge is 0.332 e. The van der Waals surface area contributed by atoms with Crippen LogP contribution in [0.2, 0.25) is 0 Å². The van der Waals surface area contributed by atoms with Crippen molar-refractivity contribution in [2.24, 2.45) is 14.1 Å². The number of amides is 1. The van der Waals surface area contributed by atoms with E-state index in [1.165, 1.54) is 30.9 Å². The van der Waals surface area contributed by atoms with E-state index in [0.29, 0.717) is 18.7 Å². The van der Waals surface area contributed by atoms with Crippen molar-refractivity contribution in [1.29, 1.82) is 0 Å². The second-order valence-electron chi connectivity index (χ2n) is 4.91. The predicted octanol–water partition coefficient (Wildman–Crippen LogP) is -0.185. The summed E-state index contributed by atoms with van der Waals surface area (Å²) in [6.07, 6.45) is 1.36. The lowest BCUT2D eigenvalue weighted by atomic mass is 10.2. The number of halogens is 2. The fourth-order valence-corrected chi connectivity index (χ4v) is 2.13. The van der Waals surface area contributed by atoms with E-state index in [2.05, 4.69) is 15.6 Å². The predicted molar refractivity (Wildman–Crippen MR) is 97.6 cm³/mol. The average Bonchev–Trinajstić information content (AvgIpc) is 2.54. The van der Waals surface area contributed by atoms with E-state index < -0.39 is 11.2 Å². The van der Waals surface area contributed by atoms with Crippen LogP contribution in [0.15, 0.2) is 21.9 Å². The maximum atomic E-state index is 12.1. The Morgan fingerprint density at radius 1 is 1.17 bits per heavy atom. The SMILES string of the molecule is CCNCCNC(=O)c1cnc2c(c1)c(=O)n(C)c(=O)n2C.Cl.Cl. The molecule has 0 aliphatic rings. The van der Waals surface area contributed by atoms with Gasteiger partial charge in [-0.2, -0.15) is 0 Å². The number of pyridine rings is 1. The number of carbonyl (C=O) groups is 1. The number of hydrogen-bond donors (Lipinski definition) is 2. The summed E-state index contributed by atoms with van der Waals surface area (Å²) in [6, 6.07) is 1.46. The molecule has 2 rings (SSSR count). The summed E-state index contributed by atoms with van der Waals surface area (Å²) < 4.78 is 2.28. The van der Waals surface area contributed by atoms with Crippen molar-refractivity contribution in [2.75, 3.05) is 19.6 Å². The largest absolute Gasteiger partial charge is 0.351 e. The highest BCUT2D eigenvalue weighted by atomic mass is 35.5. The van der Waals surface area contributed by atoms with Gasteiger partial charge in [0.15, 0.2) is 0 Å². The summed E-state index contributed by atoms with van der Waals surface area (Å²) in [5, 5.41) is 6.07. The van der Waals surface area contributed by atoms with Crippen LogP contribution in [0.1, 0.15) is 17.3 Å². The van der Waals surface area contributed by atoms with Crippen molar-refractivity contribution in [3.05, 3.63) is 38.7 Å². The summed E-state index contributed by atoms with van der Waals surface area (Å²) in [5.41, 5.74) is -0.363. The van der Waals surface area contributed by atoms with Crippen LogP contribution in [-0.2, 0) is 14.1 Å². The molecule has 2 aromatic heterocycles. The highest BCUT2D eigenvalue weighted by molar-refractivity contribution is 5.96. The number of rotatable bonds is 5. The van der Waals surface area contributed by atoms with Gasteiger partial charge in [-0.25, -0.2) is 9.78 Å². The van der Waals surface area contributed by atoms with E-state index in [1.54, 1.807) is 0 Å². The molecular weight excluding hydrogens is 357 g/mol.